The van der Waals surface area contributed by atoms with Crippen LogP contribution in [0.25, 0.3) is 23.0 Å². The van der Waals surface area contributed by atoms with Gasteiger partial charge in [0.15, 0.2) is 0 Å². The number of anilines is 1. The molecule has 0 aliphatic heterocycles. The summed E-state index contributed by atoms with van der Waals surface area (Å²) in [6.45, 7) is 1.93. The Bertz CT molecular complexity index is 752. The number of halogens is 1. The van der Waals surface area contributed by atoms with E-state index in [9.17, 15) is 0 Å². The first kappa shape index (κ1) is 12.6. The van der Waals surface area contributed by atoms with Crippen molar-refractivity contribution in [1.29, 1.82) is 0 Å². The van der Waals surface area contributed by atoms with Crippen LogP contribution in [0.1, 0.15) is 5.56 Å². The highest BCUT2D eigenvalue weighted by molar-refractivity contribution is 6.30. The summed E-state index contributed by atoms with van der Waals surface area (Å²) in [5.41, 5.74) is 8.93. The van der Waals surface area contributed by atoms with Gasteiger partial charge in [-0.05, 0) is 30.7 Å². The fourth-order valence-electron chi connectivity index (χ4n) is 1.81. The smallest absolute Gasteiger partial charge is 0.260 e. The number of pyridine rings is 1. The summed E-state index contributed by atoms with van der Waals surface area (Å²) in [7, 11) is 0. The van der Waals surface area contributed by atoms with Crippen LogP contribution in [0.4, 0.5) is 5.69 Å². The van der Waals surface area contributed by atoms with E-state index in [4.69, 9.17) is 21.9 Å². The number of nitrogens with zero attached hydrogens (tertiary/aromatic N) is 3. The van der Waals surface area contributed by atoms with E-state index in [1.54, 1.807) is 12.1 Å². The summed E-state index contributed by atoms with van der Waals surface area (Å²) in [5, 5.41) is 4.47. The van der Waals surface area contributed by atoms with Gasteiger partial charge in [-0.1, -0.05) is 28.9 Å². The highest BCUT2D eigenvalue weighted by atomic mass is 35.5. The summed E-state index contributed by atoms with van der Waals surface area (Å²) in [6, 6.07) is 9.12. The van der Waals surface area contributed by atoms with Crippen molar-refractivity contribution in [2.75, 3.05) is 5.73 Å². The van der Waals surface area contributed by atoms with Crippen molar-refractivity contribution < 1.29 is 4.52 Å². The van der Waals surface area contributed by atoms with E-state index in [0.717, 1.165) is 11.1 Å². The number of hydrogen-bond donors (Lipinski definition) is 1. The minimum absolute atomic E-state index is 0.373. The fraction of sp³-hybridized carbons (Fsp3) is 0.0714. The molecule has 2 aromatic heterocycles. The third-order valence-corrected chi connectivity index (χ3v) is 3.16. The van der Waals surface area contributed by atoms with Crippen LogP contribution in [0.2, 0.25) is 5.02 Å². The first-order valence-corrected chi connectivity index (χ1v) is 6.34. The van der Waals surface area contributed by atoms with Gasteiger partial charge >= 0.3 is 0 Å². The Labute approximate surface area is 120 Å². The van der Waals surface area contributed by atoms with Crippen LogP contribution in [0.15, 0.2) is 41.1 Å². The molecule has 0 unspecified atom stereocenters. The molecule has 0 saturated heterocycles. The SMILES string of the molecule is Cc1cccc(-c2nc(-c3ccc(Cl)cn3)no2)c1N. The van der Waals surface area contributed by atoms with E-state index >= 15 is 0 Å². The highest BCUT2D eigenvalue weighted by Crippen LogP contribution is 2.28. The maximum absolute atomic E-state index is 6.02. The van der Waals surface area contributed by atoms with E-state index in [0.29, 0.717) is 28.1 Å². The Morgan fingerprint density at radius 3 is 2.80 bits per heavy atom. The van der Waals surface area contributed by atoms with E-state index in [1.165, 1.54) is 6.20 Å². The lowest BCUT2D eigenvalue weighted by molar-refractivity contribution is 0.432. The Morgan fingerprint density at radius 1 is 1.20 bits per heavy atom. The average Bonchev–Trinajstić information content (AvgIpc) is 2.92. The van der Waals surface area contributed by atoms with E-state index < -0.39 is 0 Å². The van der Waals surface area contributed by atoms with E-state index in [1.807, 2.05) is 25.1 Å². The second kappa shape index (κ2) is 4.94. The third-order valence-electron chi connectivity index (χ3n) is 2.94. The molecule has 3 rings (SSSR count). The Morgan fingerprint density at radius 2 is 2.05 bits per heavy atom. The fourth-order valence-corrected chi connectivity index (χ4v) is 1.92. The number of nitrogen functional groups attached to an aromatic ring is 1. The summed E-state index contributed by atoms with van der Waals surface area (Å²) in [5.74, 6) is 0.774. The molecule has 5 nitrogen and oxygen atoms in total. The normalized spacial score (nSPS) is 10.7. The predicted molar refractivity (Wildman–Crippen MR) is 77.1 cm³/mol. The monoisotopic (exact) mass is 286 g/mol. The van der Waals surface area contributed by atoms with Crippen LogP contribution in [0.5, 0.6) is 0 Å². The Kier molecular flexibility index (Phi) is 3.12. The number of aryl methyl sites for hydroxylation is 1. The van der Waals surface area contributed by atoms with Gasteiger partial charge in [0.2, 0.25) is 5.82 Å². The van der Waals surface area contributed by atoms with Crippen LogP contribution < -0.4 is 5.73 Å². The number of benzene rings is 1. The molecule has 0 fully saturated rings. The minimum atomic E-state index is 0.373. The van der Waals surface area contributed by atoms with Gasteiger partial charge in [0.1, 0.15) is 5.69 Å². The lowest BCUT2D eigenvalue weighted by Gasteiger charge is -2.02. The molecule has 0 radical (unpaired) electrons. The van der Waals surface area contributed by atoms with Crippen molar-refractivity contribution >= 4 is 17.3 Å². The topological polar surface area (TPSA) is 77.8 Å². The Hall–Kier alpha value is -2.40. The first-order chi connectivity index (χ1) is 9.65. The number of rotatable bonds is 2. The van der Waals surface area contributed by atoms with Crippen molar-refractivity contribution in [2.45, 2.75) is 6.92 Å². The zero-order chi connectivity index (χ0) is 14.1. The summed E-state index contributed by atoms with van der Waals surface area (Å²) >= 11 is 5.80. The van der Waals surface area contributed by atoms with Gasteiger partial charge < -0.3 is 10.3 Å². The van der Waals surface area contributed by atoms with E-state index in [-0.39, 0.29) is 0 Å². The molecule has 2 N–H and O–H groups in total. The molecule has 0 atom stereocenters. The van der Waals surface area contributed by atoms with Crippen LogP contribution in [0.3, 0.4) is 0 Å². The highest BCUT2D eigenvalue weighted by Gasteiger charge is 2.14. The van der Waals surface area contributed by atoms with Crippen molar-refractivity contribution in [3.05, 3.63) is 47.1 Å². The molecule has 6 heteroatoms. The third kappa shape index (κ3) is 2.23. The van der Waals surface area contributed by atoms with Gasteiger partial charge in [-0.15, -0.1) is 0 Å². The molecule has 0 amide bonds. The molecule has 0 bridgehead atoms. The molecule has 0 saturated carbocycles. The Balaban J connectivity index is 2.02. The second-order valence-electron chi connectivity index (χ2n) is 4.32. The van der Waals surface area contributed by atoms with Crippen molar-refractivity contribution in [3.63, 3.8) is 0 Å². The van der Waals surface area contributed by atoms with E-state index in [2.05, 4.69) is 15.1 Å². The van der Waals surface area contributed by atoms with Crippen LogP contribution in [0, 0.1) is 6.92 Å². The summed E-state index contributed by atoms with van der Waals surface area (Å²) in [4.78, 5) is 8.47. The number of para-hydroxylation sites is 1. The molecule has 0 aliphatic carbocycles. The van der Waals surface area contributed by atoms with Crippen molar-refractivity contribution in [2.24, 2.45) is 0 Å². The van der Waals surface area contributed by atoms with Crippen LogP contribution >= 0.6 is 11.6 Å². The van der Waals surface area contributed by atoms with Gasteiger partial charge in [-0.2, -0.15) is 4.98 Å². The molecular formula is C14H11ClN4O. The number of nitrogens with two attached hydrogens (primary N) is 1. The first-order valence-electron chi connectivity index (χ1n) is 5.96. The lowest BCUT2D eigenvalue weighted by Crippen LogP contribution is -1.93. The second-order valence-corrected chi connectivity index (χ2v) is 4.76. The van der Waals surface area contributed by atoms with Gasteiger partial charge in [0, 0.05) is 11.9 Å². The maximum Gasteiger partial charge on any atom is 0.260 e. The van der Waals surface area contributed by atoms with Crippen molar-refractivity contribution in [3.8, 4) is 23.0 Å². The molecule has 0 spiro atoms. The van der Waals surface area contributed by atoms with Crippen LogP contribution in [-0.2, 0) is 0 Å². The molecule has 1 aromatic carbocycles. The summed E-state index contributed by atoms with van der Waals surface area (Å²) in [6.07, 6.45) is 1.54. The van der Waals surface area contributed by atoms with Crippen molar-refractivity contribution in [1.82, 2.24) is 15.1 Å². The van der Waals surface area contributed by atoms with Gasteiger partial charge in [-0.25, -0.2) is 0 Å². The standard InChI is InChI=1S/C14H11ClN4O/c1-8-3-2-4-10(12(8)16)14-18-13(19-20-14)11-6-5-9(15)7-17-11/h2-7H,16H2,1H3. The maximum atomic E-state index is 6.02. The quantitative estimate of drug-likeness (QED) is 0.731. The molecular weight excluding hydrogens is 276 g/mol. The number of hydrogen-bond acceptors (Lipinski definition) is 5. The lowest BCUT2D eigenvalue weighted by atomic mass is 10.1. The van der Waals surface area contributed by atoms with Gasteiger partial charge in [0.25, 0.3) is 5.89 Å². The number of aromatic nitrogens is 3. The molecule has 2 heterocycles. The molecule has 3 aromatic rings. The minimum Gasteiger partial charge on any atom is -0.398 e. The van der Waals surface area contributed by atoms with Crippen LogP contribution in [-0.4, -0.2) is 15.1 Å². The van der Waals surface area contributed by atoms with Gasteiger partial charge in [-0.3, -0.25) is 4.98 Å². The molecule has 20 heavy (non-hydrogen) atoms. The largest absolute Gasteiger partial charge is 0.398 e. The summed E-state index contributed by atoms with van der Waals surface area (Å²) < 4.78 is 5.26. The predicted octanol–water partition coefficient (Wildman–Crippen LogP) is 3.34. The molecule has 100 valence electrons. The zero-order valence-electron chi connectivity index (χ0n) is 10.7. The van der Waals surface area contributed by atoms with Gasteiger partial charge in [0.05, 0.1) is 10.6 Å². The molecule has 0 aliphatic rings. The average molecular weight is 287 g/mol. The zero-order valence-corrected chi connectivity index (χ0v) is 11.4.